The van der Waals surface area contributed by atoms with Crippen molar-refractivity contribution in [1.29, 1.82) is 0 Å². The number of fused-ring (bicyclic) bond motifs is 1. The summed E-state index contributed by atoms with van der Waals surface area (Å²) in [5, 5.41) is 0.487. The Morgan fingerprint density at radius 3 is 2.63 bits per heavy atom. The number of H-pyrrole nitrogens is 1. The standard InChI is InChI=1S/C21H19IN4O4/c1-30-15-7-8-23-19-17(15)14(11-24-19)18(27)21(29)26-10-9-25(12-16(26)22)20(28)13-5-3-2-4-6-13/h2-8,11,16H,9-10,12H2,1H3,(H,23,24)/t16-/m0/s1. The van der Waals surface area contributed by atoms with Crippen LogP contribution in [0.1, 0.15) is 20.7 Å². The van der Waals surface area contributed by atoms with E-state index in [-0.39, 0.29) is 22.1 Å². The molecule has 1 atom stereocenters. The summed E-state index contributed by atoms with van der Waals surface area (Å²) in [5.41, 5.74) is 1.32. The first-order chi connectivity index (χ1) is 14.5. The van der Waals surface area contributed by atoms with E-state index in [0.717, 1.165) is 0 Å². The number of hydrogen-bond acceptors (Lipinski definition) is 5. The van der Waals surface area contributed by atoms with E-state index in [4.69, 9.17) is 4.74 Å². The van der Waals surface area contributed by atoms with Gasteiger partial charge in [-0.25, -0.2) is 4.98 Å². The number of carbonyl (C=O) groups excluding carboxylic acids is 3. The van der Waals surface area contributed by atoms with Gasteiger partial charge in [0.25, 0.3) is 17.6 Å². The van der Waals surface area contributed by atoms with Crippen molar-refractivity contribution in [2.24, 2.45) is 0 Å². The van der Waals surface area contributed by atoms with Crippen molar-refractivity contribution in [3.8, 4) is 5.75 Å². The number of pyridine rings is 1. The molecule has 3 heterocycles. The molecule has 0 aliphatic carbocycles. The number of nitrogens with one attached hydrogen (secondary N) is 1. The summed E-state index contributed by atoms with van der Waals surface area (Å²) in [7, 11) is 1.50. The molecular weight excluding hydrogens is 499 g/mol. The van der Waals surface area contributed by atoms with Gasteiger partial charge in [-0.15, -0.1) is 0 Å². The van der Waals surface area contributed by atoms with Crippen molar-refractivity contribution >= 4 is 51.2 Å². The summed E-state index contributed by atoms with van der Waals surface area (Å²) >= 11 is 2.10. The first kappa shape index (κ1) is 20.3. The van der Waals surface area contributed by atoms with Gasteiger partial charge in [0.2, 0.25) is 0 Å². The van der Waals surface area contributed by atoms with E-state index < -0.39 is 11.7 Å². The fourth-order valence-electron chi connectivity index (χ4n) is 3.54. The summed E-state index contributed by atoms with van der Waals surface area (Å²) in [6.07, 6.45) is 3.05. The molecule has 4 rings (SSSR count). The Balaban J connectivity index is 1.51. The van der Waals surface area contributed by atoms with Crippen molar-refractivity contribution in [1.82, 2.24) is 19.8 Å². The number of nitrogens with zero attached hydrogens (tertiary/aromatic N) is 3. The quantitative estimate of drug-likeness (QED) is 0.188. The van der Waals surface area contributed by atoms with Gasteiger partial charge >= 0.3 is 0 Å². The van der Waals surface area contributed by atoms with E-state index in [0.29, 0.717) is 35.4 Å². The number of rotatable bonds is 4. The lowest BCUT2D eigenvalue weighted by Gasteiger charge is -2.38. The molecule has 9 heteroatoms. The number of halogens is 1. The van der Waals surface area contributed by atoms with E-state index in [1.54, 1.807) is 29.3 Å². The predicted molar refractivity (Wildman–Crippen MR) is 119 cm³/mol. The van der Waals surface area contributed by atoms with Crippen LogP contribution in [0.25, 0.3) is 11.0 Å². The Bertz CT molecular complexity index is 1110. The number of hydrogen-bond donors (Lipinski definition) is 1. The minimum atomic E-state index is -0.628. The van der Waals surface area contributed by atoms with Crippen molar-refractivity contribution in [2.75, 3.05) is 26.7 Å². The van der Waals surface area contributed by atoms with Crippen LogP contribution in [0.2, 0.25) is 0 Å². The van der Waals surface area contributed by atoms with Gasteiger partial charge in [0.05, 0.1) is 24.6 Å². The van der Waals surface area contributed by atoms with E-state index in [1.165, 1.54) is 18.2 Å². The monoisotopic (exact) mass is 518 g/mol. The number of ether oxygens (including phenoxy) is 1. The smallest absolute Gasteiger partial charge is 0.296 e. The molecule has 0 saturated carbocycles. The van der Waals surface area contributed by atoms with Crippen LogP contribution in [0.4, 0.5) is 0 Å². The number of ketones is 1. The highest BCUT2D eigenvalue weighted by atomic mass is 127. The average Bonchev–Trinajstić information content (AvgIpc) is 3.22. The minimum Gasteiger partial charge on any atom is -0.496 e. The highest BCUT2D eigenvalue weighted by Crippen LogP contribution is 2.28. The molecule has 3 aromatic rings. The first-order valence-electron chi connectivity index (χ1n) is 9.35. The second kappa shape index (κ2) is 8.42. The van der Waals surface area contributed by atoms with Gasteiger partial charge in [-0.05, 0) is 18.2 Å². The van der Waals surface area contributed by atoms with E-state index in [9.17, 15) is 14.4 Å². The average molecular weight is 518 g/mol. The van der Waals surface area contributed by atoms with Crippen molar-refractivity contribution in [3.05, 3.63) is 59.9 Å². The Morgan fingerprint density at radius 2 is 1.93 bits per heavy atom. The number of alkyl halides is 1. The predicted octanol–water partition coefficient (Wildman–Crippen LogP) is 2.50. The lowest BCUT2D eigenvalue weighted by Crippen LogP contribution is -2.55. The largest absolute Gasteiger partial charge is 0.496 e. The molecule has 30 heavy (non-hydrogen) atoms. The molecule has 2 amide bonds. The summed E-state index contributed by atoms with van der Waals surface area (Å²) in [4.78, 5) is 49.0. The topological polar surface area (TPSA) is 95.6 Å². The maximum atomic E-state index is 13.0. The normalized spacial score (nSPS) is 16.5. The molecule has 0 spiro atoms. The van der Waals surface area contributed by atoms with Crippen LogP contribution in [-0.2, 0) is 4.79 Å². The van der Waals surface area contributed by atoms with Crippen LogP contribution >= 0.6 is 22.6 Å². The Morgan fingerprint density at radius 1 is 1.17 bits per heavy atom. The van der Waals surface area contributed by atoms with Crippen molar-refractivity contribution in [3.63, 3.8) is 0 Å². The zero-order valence-corrected chi connectivity index (χ0v) is 18.3. The Hall–Kier alpha value is -2.95. The maximum Gasteiger partial charge on any atom is 0.296 e. The zero-order chi connectivity index (χ0) is 21.3. The SMILES string of the molecule is COc1ccnc2[nH]cc(C(=O)C(=O)N3CCN(C(=O)c4ccccc4)C[C@H]3I)c12. The number of methoxy groups -OCH3 is 1. The third kappa shape index (κ3) is 3.64. The number of benzene rings is 1. The maximum absolute atomic E-state index is 13.0. The molecule has 1 N–H and O–H groups in total. The van der Waals surface area contributed by atoms with Gasteiger partial charge in [-0.2, -0.15) is 0 Å². The van der Waals surface area contributed by atoms with Gasteiger partial charge in [0.15, 0.2) is 0 Å². The number of aromatic amines is 1. The van der Waals surface area contributed by atoms with Crippen molar-refractivity contribution < 1.29 is 19.1 Å². The molecule has 1 aromatic carbocycles. The van der Waals surface area contributed by atoms with Crippen LogP contribution < -0.4 is 4.74 Å². The van der Waals surface area contributed by atoms with Crippen LogP contribution in [0.15, 0.2) is 48.8 Å². The summed E-state index contributed by atoms with van der Waals surface area (Å²) in [6.45, 7) is 1.01. The number of Topliss-reactive ketones (excluding diaryl/α,β-unsaturated/α-hetero) is 1. The van der Waals surface area contributed by atoms with E-state index in [2.05, 4.69) is 32.6 Å². The minimum absolute atomic E-state index is 0.0804. The molecule has 1 aliphatic heterocycles. The molecule has 0 radical (unpaired) electrons. The van der Waals surface area contributed by atoms with E-state index >= 15 is 0 Å². The van der Waals surface area contributed by atoms with Crippen LogP contribution in [0.3, 0.4) is 0 Å². The molecule has 2 aromatic heterocycles. The lowest BCUT2D eigenvalue weighted by atomic mass is 10.1. The number of aromatic nitrogens is 2. The fourth-order valence-corrected chi connectivity index (χ4v) is 4.55. The highest BCUT2D eigenvalue weighted by Gasteiger charge is 2.35. The molecule has 8 nitrogen and oxygen atoms in total. The number of amides is 2. The highest BCUT2D eigenvalue weighted by molar-refractivity contribution is 14.1. The molecule has 0 bridgehead atoms. The molecule has 1 saturated heterocycles. The lowest BCUT2D eigenvalue weighted by molar-refractivity contribution is -0.128. The molecule has 1 aliphatic rings. The zero-order valence-electron chi connectivity index (χ0n) is 16.2. The van der Waals surface area contributed by atoms with Crippen molar-refractivity contribution in [2.45, 2.75) is 4.05 Å². The summed E-state index contributed by atoms with van der Waals surface area (Å²) < 4.78 is 5.01. The molecular formula is C21H19IN4O4. The third-order valence-electron chi connectivity index (χ3n) is 5.08. The molecule has 1 fully saturated rings. The Kier molecular flexibility index (Phi) is 5.71. The second-order valence-corrected chi connectivity index (χ2v) is 8.26. The summed E-state index contributed by atoms with van der Waals surface area (Å²) in [6, 6.07) is 10.7. The van der Waals surface area contributed by atoms with Gasteiger partial charge in [0.1, 0.15) is 15.4 Å². The Labute approximate surface area is 186 Å². The van der Waals surface area contributed by atoms with Crippen LogP contribution in [-0.4, -0.2) is 68.2 Å². The van der Waals surface area contributed by atoms with Crippen LogP contribution in [0, 0.1) is 0 Å². The van der Waals surface area contributed by atoms with E-state index in [1.807, 2.05) is 18.2 Å². The summed E-state index contributed by atoms with van der Waals surface area (Å²) in [5.74, 6) is -0.838. The number of piperazine rings is 1. The second-order valence-electron chi connectivity index (χ2n) is 6.82. The van der Waals surface area contributed by atoms with Gasteiger partial charge < -0.3 is 19.5 Å². The van der Waals surface area contributed by atoms with Gasteiger partial charge in [-0.3, -0.25) is 14.4 Å². The third-order valence-corrected chi connectivity index (χ3v) is 6.15. The van der Waals surface area contributed by atoms with Crippen LogP contribution in [0.5, 0.6) is 5.75 Å². The fraction of sp³-hybridized carbons (Fsp3) is 0.238. The molecule has 154 valence electrons. The molecule has 0 unspecified atom stereocenters. The number of carbonyl (C=O) groups is 3. The van der Waals surface area contributed by atoms with Gasteiger partial charge in [-0.1, -0.05) is 40.8 Å². The first-order valence-corrected chi connectivity index (χ1v) is 10.6. The van der Waals surface area contributed by atoms with Gasteiger partial charge in [0, 0.05) is 31.0 Å².